The molecule has 2 aromatic carbocycles. The molecule has 0 unspecified atom stereocenters. The average Bonchev–Trinajstić information content (AvgIpc) is 3.23. The zero-order valence-electron chi connectivity index (χ0n) is 13.9. The molecule has 8 heteroatoms. The smallest absolute Gasteiger partial charge is 0.234 e. The molecule has 0 aliphatic rings. The number of halogens is 1. The summed E-state index contributed by atoms with van der Waals surface area (Å²) in [6.45, 7) is 0.285. The highest BCUT2D eigenvalue weighted by Gasteiger charge is 2.14. The van der Waals surface area contributed by atoms with Gasteiger partial charge in [0, 0.05) is 12.0 Å². The predicted octanol–water partition coefficient (Wildman–Crippen LogP) is 3.50. The molecule has 2 heterocycles. The van der Waals surface area contributed by atoms with Crippen molar-refractivity contribution < 1.29 is 13.9 Å². The Bertz CT molecular complexity index is 1030. The van der Waals surface area contributed by atoms with E-state index in [2.05, 4.69) is 15.3 Å². The van der Waals surface area contributed by atoms with E-state index in [-0.39, 0.29) is 12.4 Å². The van der Waals surface area contributed by atoms with Crippen molar-refractivity contribution in [1.29, 1.82) is 0 Å². The van der Waals surface area contributed by atoms with Crippen LogP contribution < -0.4 is 9.47 Å². The van der Waals surface area contributed by atoms with Crippen LogP contribution in [0.5, 0.6) is 11.5 Å². The van der Waals surface area contributed by atoms with Crippen LogP contribution in [-0.4, -0.2) is 26.9 Å². The van der Waals surface area contributed by atoms with Gasteiger partial charge >= 0.3 is 0 Å². The lowest BCUT2D eigenvalue weighted by Crippen LogP contribution is -2.01. The molecule has 0 spiro atoms. The summed E-state index contributed by atoms with van der Waals surface area (Å²) in [7, 11) is 1.64. The van der Waals surface area contributed by atoms with Crippen molar-refractivity contribution in [2.75, 3.05) is 7.11 Å². The lowest BCUT2D eigenvalue weighted by atomic mass is 10.1. The Morgan fingerprint density at radius 2 is 1.88 bits per heavy atom. The Labute approximate surface area is 152 Å². The first-order chi connectivity index (χ1) is 12.7. The van der Waals surface area contributed by atoms with Crippen LogP contribution in [0.4, 0.5) is 4.39 Å². The largest absolute Gasteiger partial charge is 0.496 e. The van der Waals surface area contributed by atoms with Crippen molar-refractivity contribution in [3.8, 4) is 11.5 Å². The van der Waals surface area contributed by atoms with Gasteiger partial charge in [0.25, 0.3) is 0 Å². The fraction of sp³-hybridized carbons (Fsp3) is 0.167. The minimum atomic E-state index is -0.294. The van der Waals surface area contributed by atoms with Gasteiger partial charge in [0.1, 0.15) is 23.9 Å². The summed E-state index contributed by atoms with van der Waals surface area (Å²) in [6, 6.07) is 13.7. The summed E-state index contributed by atoms with van der Waals surface area (Å²) < 4.78 is 25.7. The van der Waals surface area contributed by atoms with Crippen molar-refractivity contribution >= 4 is 16.3 Å². The Morgan fingerprint density at radius 3 is 2.69 bits per heavy atom. The minimum Gasteiger partial charge on any atom is -0.496 e. The molecular weight excluding hydrogens is 355 g/mol. The molecule has 4 aromatic rings. The fourth-order valence-electron chi connectivity index (χ4n) is 2.56. The van der Waals surface area contributed by atoms with E-state index in [4.69, 9.17) is 9.47 Å². The molecule has 6 nitrogen and oxygen atoms in total. The van der Waals surface area contributed by atoms with E-state index in [0.717, 1.165) is 22.1 Å². The number of fused-ring (bicyclic) bond motifs is 1. The van der Waals surface area contributed by atoms with Gasteiger partial charge < -0.3 is 9.47 Å². The van der Waals surface area contributed by atoms with Gasteiger partial charge in [-0.2, -0.15) is 9.61 Å². The molecule has 0 radical (unpaired) electrons. The third-order valence-corrected chi connectivity index (χ3v) is 4.69. The van der Waals surface area contributed by atoms with Gasteiger partial charge in [-0.1, -0.05) is 29.5 Å². The summed E-state index contributed by atoms with van der Waals surface area (Å²) in [5.74, 6) is 1.83. The van der Waals surface area contributed by atoms with Gasteiger partial charge in [-0.05, 0) is 30.3 Å². The number of hydrogen-bond donors (Lipinski definition) is 0. The summed E-state index contributed by atoms with van der Waals surface area (Å²) in [4.78, 5) is 0.701. The number of hydrogen-bond acceptors (Lipinski definition) is 6. The number of nitrogens with zero attached hydrogens (tertiary/aromatic N) is 4. The molecule has 26 heavy (non-hydrogen) atoms. The average molecular weight is 370 g/mol. The Balaban J connectivity index is 1.52. The second-order valence-electron chi connectivity index (χ2n) is 5.54. The van der Waals surface area contributed by atoms with E-state index in [1.807, 2.05) is 24.3 Å². The molecule has 0 aliphatic heterocycles. The van der Waals surface area contributed by atoms with E-state index in [1.165, 1.54) is 23.5 Å². The number of rotatable bonds is 6. The third kappa shape index (κ3) is 3.36. The van der Waals surface area contributed by atoms with Gasteiger partial charge in [-0.15, -0.1) is 10.2 Å². The Morgan fingerprint density at radius 1 is 1.08 bits per heavy atom. The summed E-state index contributed by atoms with van der Waals surface area (Å²) in [5.41, 5.74) is 1.02. The Hall–Kier alpha value is -3.00. The lowest BCUT2D eigenvalue weighted by Gasteiger charge is -2.06. The van der Waals surface area contributed by atoms with E-state index >= 15 is 0 Å². The first-order valence-electron chi connectivity index (χ1n) is 7.93. The number of methoxy groups -OCH3 is 1. The molecule has 0 saturated heterocycles. The standard InChI is InChI=1S/C18H15FN4O2S/c1-24-15-5-3-2-4-12(15)10-16-20-21-18-23(16)22-17(26-18)11-25-14-8-6-13(19)7-9-14/h2-9H,10-11H2,1H3. The monoisotopic (exact) mass is 370 g/mol. The van der Waals surface area contributed by atoms with Crippen LogP contribution in [0.3, 0.4) is 0 Å². The molecule has 0 N–H and O–H groups in total. The number of aromatic nitrogens is 4. The predicted molar refractivity (Wildman–Crippen MR) is 95.2 cm³/mol. The molecule has 0 atom stereocenters. The van der Waals surface area contributed by atoms with Gasteiger partial charge in [0.05, 0.1) is 7.11 Å². The van der Waals surface area contributed by atoms with E-state index in [0.29, 0.717) is 17.1 Å². The Kier molecular flexibility index (Phi) is 4.49. The van der Waals surface area contributed by atoms with Crippen molar-refractivity contribution in [2.45, 2.75) is 13.0 Å². The number of benzene rings is 2. The minimum absolute atomic E-state index is 0.285. The van der Waals surface area contributed by atoms with Gasteiger partial charge in [-0.25, -0.2) is 4.39 Å². The second-order valence-corrected chi connectivity index (χ2v) is 6.58. The zero-order chi connectivity index (χ0) is 17.9. The van der Waals surface area contributed by atoms with Crippen LogP contribution in [-0.2, 0) is 13.0 Å². The van der Waals surface area contributed by atoms with Gasteiger partial charge in [0.2, 0.25) is 4.96 Å². The van der Waals surface area contributed by atoms with Crippen LogP contribution in [0, 0.1) is 5.82 Å². The maximum atomic E-state index is 12.9. The van der Waals surface area contributed by atoms with Gasteiger partial charge in [0.15, 0.2) is 10.8 Å². The molecule has 0 fully saturated rings. The lowest BCUT2D eigenvalue weighted by molar-refractivity contribution is 0.303. The molecule has 4 rings (SSSR count). The molecule has 0 saturated carbocycles. The van der Waals surface area contributed by atoms with Crippen molar-refractivity contribution in [2.24, 2.45) is 0 Å². The molecule has 0 aliphatic carbocycles. The maximum Gasteiger partial charge on any atom is 0.234 e. The molecule has 0 bridgehead atoms. The first-order valence-corrected chi connectivity index (χ1v) is 8.75. The maximum absolute atomic E-state index is 12.9. The fourth-order valence-corrected chi connectivity index (χ4v) is 3.33. The number of ether oxygens (including phenoxy) is 2. The SMILES string of the molecule is COc1ccccc1Cc1nnc2sc(COc3ccc(F)cc3)nn12. The number of para-hydroxylation sites is 1. The van der Waals surface area contributed by atoms with E-state index in [9.17, 15) is 4.39 Å². The van der Waals surface area contributed by atoms with Crippen LogP contribution in [0.25, 0.3) is 4.96 Å². The highest BCUT2D eigenvalue weighted by atomic mass is 32.1. The molecule has 2 aromatic heterocycles. The highest BCUT2D eigenvalue weighted by Crippen LogP contribution is 2.22. The normalized spacial score (nSPS) is 11.0. The first kappa shape index (κ1) is 16.5. The van der Waals surface area contributed by atoms with Crippen LogP contribution in [0.2, 0.25) is 0 Å². The van der Waals surface area contributed by atoms with Crippen LogP contribution in [0.15, 0.2) is 48.5 Å². The summed E-state index contributed by atoms with van der Waals surface area (Å²) >= 11 is 1.41. The van der Waals surface area contributed by atoms with Crippen molar-refractivity contribution in [3.05, 3.63) is 70.7 Å². The molecule has 132 valence electrons. The summed E-state index contributed by atoms with van der Waals surface area (Å²) in [5, 5.41) is 13.7. The second kappa shape index (κ2) is 7.09. The molecular formula is C18H15FN4O2S. The van der Waals surface area contributed by atoms with E-state index < -0.39 is 0 Å². The van der Waals surface area contributed by atoms with Gasteiger partial charge in [-0.3, -0.25) is 0 Å². The quantitative estimate of drug-likeness (QED) is 0.520. The van der Waals surface area contributed by atoms with Crippen LogP contribution in [0.1, 0.15) is 16.4 Å². The topological polar surface area (TPSA) is 61.5 Å². The summed E-state index contributed by atoms with van der Waals surface area (Å²) in [6.07, 6.45) is 0.563. The van der Waals surface area contributed by atoms with Crippen LogP contribution >= 0.6 is 11.3 Å². The highest BCUT2D eigenvalue weighted by molar-refractivity contribution is 7.16. The third-order valence-electron chi connectivity index (χ3n) is 3.81. The molecule has 0 amide bonds. The van der Waals surface area contributed by atoms with Crippen molar-refractivity contribution in [1.82, 2.24) is 19.8 Å². The zero-order valence-corrected chi connectivity index (χ0v) is 14.7. The van der Waals surface area contributed by atoms with E-state index in [1.54, 1.807) is 23.8 Å². The van der Waals surface area contributed by atoms with Crippen molar-refractivity contribution in [3.63, 3.8) is 0 Å².